The Labute approximate surface area is 153 Å². The maximum absolute atomic E-state index is 12.1. The summed E-state index contributed by atoms with van der Waals surface area (Å²) in [6.07, 6.45) is 0.413. The fourth-order valence-electron chi connectivity index (χ4n) is 2.13. The van der Waals surface area contributed by atoms with Crippen molar-refractivity contribution < 1.29 is 9.59 Å². The van der Waals surface area contributed by atoms with Gasteiger partial charge in [0.05, 0.1) is 16.0 Å². The van der Waals surface area contributed by atoms with Gasteiger partial charge in [0.15, 0.2) is 5.13 Å². The van der Waals surface area contributed by atoms with Crippen LogP contribution in [0.1, 0.15) is 13.3 Å². The van der Waals surface area contributed by atoms with Gasteiger partial charge < -0.3 is 10.6 Å². The molecule has 0 aliphatic carbocycles. The number of aromatic nitrogens is 1. The molecule has 5 nitrogen and oxygen atoms in total. The van der Waals surface area contributed by atoms with Gasteiger partial charge in [-0.05, 0) is 30.3 Å². The van der Waals surface area contributed by atoms with E-state index in [1.807, 2.05) is 48.5 Å². The van der Waals surface area contributed by atoms with Crippen LogP contribution in [0, 0.1) is 0 Å². The van der Waals surface area contributed by atoms with Crippen molar-refractivity contribution in [3.05, 3.63) is 48.5 Å². The monoisotopic (exact) mass is 371 g/mol. The highest BCUT2D eigenvalue weighted by Crippen LogP contribution is 2.28. The summed E-state index contributed by atoms with van der Waals surface area (Å²) in [5.41, 5.74) is 1.52. The Morgan fingerprint density at radius 1 is 1.08 bits per heavy atom. The number of hydrogen-bond acceptors (Lipinski definition) is 5. The summed E-state index contributed by atoms with van der Waals surface area (Å²) in [6.45, 7) is 1.80. The SMILES string of the molecule is CCC(=O)Nc1nc2ccc(NC(=O)CSc3ccccc3)cc2s1. The molecule has 3 aromatic rings. The van der Waals surface area contributed by atoms with Gasteiger partial charge in [-0.3, -0.25) is 9.59 Å². The van der Waals surface area contributed by atoms with Gasteiger partial charge in [-0.2, -0.15) is 0 Å². The smallest absolute Gasteiger partial charge is 0.234 e. The fourth-order valence-corrected chi connectivity index (χ4v) is 3.77. The van der Waals surface area contributed by atoms with Crippen LogP contribution in [0.15, 0.2) is 53.4 Å². The first-order valence-electron chi connectivity index (χ1n) is 7.82. The minimum Gasteiger partial charge on any atom is -0.325 e. The number of rotatable bonds is 6. The van der Waals surface area contributed by atoms with Gasteiger partial charge in [0.1, 0.15) is 0 Å². The summed E-state index contributed by atoms with van der Waals surface area (Å²) in [4.78, 5) is 29.0. The van der Waals surface area contributed by atoms with Crippen LogP contribution in [0.4, 0.5) is 10.8 Å². The molecule has 0 unspecified atom stereocenters. The van der Waals surface area contributed by atoms with Gasteiger partial charge in [-0.15, -0.1) is 11.8 Å². The largest absolute Gasteiger partial charge is 0.325 e. The van der Waals surface area contributed by atoms with E-state index < -0.39 is 0 Å². The summed E-state index contributed by atoms with van der Waals surface area (Å²) in [6, 6.07) is 15.3. The van der Waals surface area contributed by atoms with E-state index in [0.29, 0.717) is 17.3 Å². The Morgan fingerprint density at radius 2 is 1.88 bits per heavy atom. The first-order valence-corrected chi connectivity index (χ1v) is 9.62. The van der Waals surface area contributed by atoms with Crippen molar-refractivity contribution in [2.45, 2.75) is 18.2 Å². The molecular weight excluding hydrogens is 354 g/mol. The number of nitrogens with zero attached hydrogens (tertiary/aromatic N) is 1. The number of anilines is 2. The van der Waals surface area contributed by atoms with Crippen LogP contribution in [0.3, 0.4) is 0 Å². The normalized spacial score (nSPS) is 10.6. The molecule has 1 aromatic heterocycles. The second-order valence-electron chi connectivity index (χ2n) is 5.25. The minimum absolute atomic E-state index is 0.0581. The first kappa shape index (κ1) is 17.4. The highest BCUT2D eigenvalue weighted by Gasteiger charge is 2.09. The third kappa shape index (κ3) is 4.80. The van der Waals surface area contributed by atoms with Crippen molar-refractivity contribution in [1.29, 1.82) is 0 Å². The number of benzene rings is 2. The molecule has 2 N–H and O–H groups in total. The molecule has 0 fully saturated rings. The van der Waals surface area contributed by atoms with E-state index in [0.717, 1.165) is 20.8 Å². The number of hydrogen-bond donors (Lipinski definition) is 2. The molecule has 7 heteroatoms. The Kier molecular flexibility index (Phi) is 5.67. The van der Waals surface area contributed by atoms with Crippen molar-refractivity contribution >= 4 is 55.9 Å². The summed E-state index contributed by atoms with van der Waals surface area (Å²) >= 11 is 2.89. The lowest BCUT2D eigenvalue weighted by molar-refractivity contribution is -0.116. The molecule has 2 amide bonds. The van der Waals surface area contributed by atoms with Crippen LogP contribution in [0.25, 0.3) is 10.2 Å². The van der Waals surface area contributed by atoms with Crippen molar-refractivity contribution in [1.82, 2.24) is 4.98 Å². The summed E-state index contributed by atoms with van der Waals surface area (Å²) in [5.74, 6) is 0.227. The average molecular weight is 371 g/mol. The number of thioether (sulfide) groups is 1. The fraction of sp³-hybridized carbons (Fsp3) is 0.167. The molecule has 0 atom stereocenters. The molecule has 0 aliphatic heterocycles. The van der Waals surface area contributed by atoms with Crippen LogP contribution in [-0.2, 0) is 9.59 Å². The van der Waals surface area contributed by atoms with E-state index in [-0.39, 0.29) is 11.8 Å². The van der Waals surface area contributed by atoms with Crippen LogP contribution in [-0.4, -0.2) is 22.6 Å². The molecule has 0 bridgehead atoms. The maximum Gasteiger partial charge on any atom is 0.234 e. The Bertz CT molecular complexity index is 894. The van der Waals surface area contributed by atoms with E-state index in [1.165, 1.54) is 23.1 Å². The average Bonchev–Trinajstić information content (AvgIpc) is 3.02. The lowest BCUT2D eigenvalue weighted by Crippen LogP contribution is -2.13. The van der Waals surface area contributed by atoms with Gasteiger partial charge in [0.25, 0.3) is 0 Å². The molecule has 0 saturated carbocycles. The zero-order valence-corrected chi connectivity index (χ0v) is 15.2. The molecule has 25 heavy (non-hydrogen) atoms. The number of carbonyl (C=O) groups is 2. The quantitative estimate of drug-likeness (QED) is 0.631. The summed E-state index contributed by atoms with van der Waals surface area (Å²) in [7, 11) is 0. The molecule has 3 rings (SSSR count). The molecule has 0 radical (unpaired) electrons. The predicted octanol–water partition coefficient (Wildman–Crippen LogP) is 4.38. The lowest BCUT2D eigenvalue weighted by Gasteiger charge is -2.05. The summed E-state index contributed by atoms with van der Waals surface area (Å²) in [5, 5.41) is 6.23. The van der Waals surface area contributed by atoms with Crippen molar-refractivity contribution in [3.63, 3.8) is 0 Å². The van der Waals surface area contributed by atoms with Gasteiger partial charge in [0, 0.05) is 17.0 Å². The number of amides is 2. The molecule has 2 aromatic carbocycles. The van der Waals surface area contributed by atoms with E-state index in [1.54, 1.807) is 6.92 Å². The van der Waals surface area contributed by atoms with Gasteiger partial charge >= 0.3 is 0 Å². The van der Waals surface area contributed by atoms with Gasteiger partial charge in [0.2, 0.25) is 11.8 Å². The van der Waals surface area contributed by atoms with Crippen molar-refractivity contribution in [2.24, 2.45) is 0 Å². The second kappa shape index (κ2) is 8.13. The Balaban J connectivity index is 1.63. The number of thiazole rings is 1. The lowest BCUT2D eigenvalue weighted by atomic mass is 10.3. The molecular formula is C18H17N3O2S2. The second-order valence-corrected chi connectivity index (χ2v) is 7.33. The predicted molar refractivity (Wildman–Crippen MR) is 104 cm³/mol. The zero-order valence-electron chi connectivity index (χ0n) is 13.6. The van der Waals surface area contributed by atoms with E-state index in [4.69, 9.17) is 0 Å². The molecule has 0 spiro atoms. The van der Waals surface area contributed by atoms with Crippen LogP contribution in [0.2, 0.25) is 0 Å². The Morgan fingerprint density at radius 3 is 2.64 bits per heavy atom. The van der Waals surface area contributed by atoms with Crippen LogP contribution >= 0.6 is 23.1 Å². The Hall–Kier alpha value is -2.38. The first-order chi connectivity index (χ1) is 12.1. The number of nitrogens with one attached hydrogen (secondary N) is 2. The van der Waals surface area contributed by atoms with Crippen molar-refractivity contribution in [3.8, 4) is 0 Å². The molecule has 0 saturated heterocycles. The molecule has 128 valence electrons. The van der Waals surface area contributed by atoms with Gasteiger partial charge in [-0.25, -0.2) is 4.98 Å². The third-order valence-corrected chi connectivity index (χ3v) is 5.30. The van der Waals surface area contributed by atoms with E-state index >= 15 is 0 Å². The minimum atomic E-state index is -0.0643. The maximum atomic E-state index is 12.1. The standard InChI is InChI=1S/C18H17N3O2S2/c1-2-16(22)21-18-20-14-9-8-12(10-15(14)25-18)19-17(23)11-24-13-6-4-3-5-7-13/h3-10H,2,11H2,1H3,(H,19,23)(H,20,21,22). The number of carbonyl (C=O) groups excluding carboxylic acids is 2. The van der Waals surface area contributed by atoms with Crippen LogP contribution < -0.4 is 10.6 Å². The van der Waals surface area contributed by atoms with E-state index in [9.17, 15) is 9.59 Å². The van der Waals surface area contributed by atoms with Crippen LogP contribution in [0.5, 0.6) is 0 Å². The molecule has 1 heterocycles. The van der Waals surface area contributed by atoms with Gasteiger partial charge in [-0.1, -0.05) is 36.5 Å². The highest BCUT2D eigenvalue weighted by atomic mass is 32.2. The van der Waals surface area contributed by atoms with Crippen molar-refractivity contribution in [2.75, 3.05) is 16.4 Å². The third-order valence-electron chi connectivity index (χ3n) is 3.35. The number of fused-ring (bicyclic) bond motifs is 1. The molecule has 0 aliphatic rings. The highest BCUT2D eigenvalue weighted by molar-refractivity contribution is 8.00. The topological polar surface area (TPSA) is 71.1 Å². The zero-order chi connectivity index (χ0) is 17.6. The summed E-state index contributed by atoms with van der Waals surface area (Å²) < 4.78 is 0.917. The van der Waals surface area contributed by atoms with E-state index in [2.05, 4.69) is 15.6 Å².